The van der Waals surface area contributed by atoms with E-state index in [-0.39, 0.29) is 17.0 Å². The van der Waals surface area contributed by atoms with Gasteiger partial charge in [0, 0.05) is 21.6 Å². The lowest BCUT2D eigenvalue weighted by Gasteiger charge is -2.01. The maximum Gasteiger partial charge on any atom is 0.265 e. The van der Waals surface area contributed by atoms with Crippen molar-refractivity contribution in [1.29, 1.82) is 0 Å². The van der Waals surface area contributed by atoms with Crippen molar-refractivity contribution in [3.8, 4) is 11.3 Å². The van der Waals surface area contributed by atoms with Gasteiger partial charge in [-0.2, -0.15) is 0 Å². The van der Waals surface area contributed by atoms with E-state index in [9.17, 15) is 0 Å². The lowest BCUT2D eigenvalue weighted by atomic mass is 10.1. The minimum Gasteiger partial charge on any atom is -1.00 e. The highest BCUT2D eigenvalue weighted by Gasteiger charge is 2.19. The molecule has 0 aliphatic rings. The summed E-state index contributed by atoms with van der Waals surface area (Å²) in [5, 5.41) is 5.70. The number of halogens is 1. The zero-order valence-electron chi connectivity index (χ0n) is 15.8. The molecule has 0 bridgehead atoms. The van der Waals surface area contributed by atoms with Crippen LogP contribution >= 0.6 is 0 Å². The first-order valence-corrected chi connectivity index (χ1v) is 9.38. The molecule has 5 rings (SSSR count). The fourth-order valence-electron chi connectivity index (χ4n) is 3.56. The van der Waals surface area contributed by atoms with Gasteiger partial charge in [-0.3, -0.25) is 0 Å². The van der Waals surface area contributed by atoms with Crippen molar-refractivity contribution >= 4 is 11.0 Å². The van der Waals surface area contributed by atoms with Crippen molar-refractivity contribution in [2.45, 2.75) is 13.1 Å². The molecule has 2 heterocycles. The van der Waals surface area contributed by atoms with Crippen LogP contribution < -0.4 is 21.5 Å². The molecule has 3 aromatic carbocycles. The van der Waals surface area contributed by atoms with Crippen LogP contribution in [0.1, 0.15) is 11.1 Å². The molecule has 0 unspecified atom stereocenters. The van der Waals surface area contributed by atoms with E-state index >= 15 is 0 Å². The maximum absolute atomic E-state index is 6.21. The normalized spacial score (nSPS) is 10.8. The zero-order valence-corrected chi connectivity index (χ0v) is 17.4. The average molecular weight is 446 g/mol. The quantitative estimate of drug-likeness (QED) is 0.385. The third kappa shape index (κ3) is 4.00. The van der Waals surface area contributed by atoms with Gasteiger partial charge < -0.3 is 21.4 Å². The van der Waals surface area contributed by atoms with E-state index in [2.05, 4.69) is 58.2 Å². The van der Waals surface area contributed by atoms with Gasteiger partial charge in [-0.25, -0.2) is 4.57 Å². The van der Waals surface area contributed by atoms with Crippen LogP contribution in [-0.2, 0) is 13.1 Å². The third-order valence-corrected chi connectivity index (χ3v) is 4.89. The van der Waals surface area contributed by atoms with Gasteiger partial charge in [0.05, 0.1) is 6.54 Å². The molecule has 0 N–H and O–H groups in total. The van der Waals surface area contributed by atoms with E-state index in [1.54, 1.807) is 0 Å². The molecule has 0 spiro atoms. The largest absolute Gasteiger partial charge is 1.00 e. The zero-order chi connectivity index (χ0) is 18.8. The predicted octanol–water partition coefficient (Wildman–Crippen LogP) is 1.68. The smallest absolute Gasteiger partial charge is 0.265 e. The third-order valence-electron chi connectivity index (χ3n) is 4.89. The molecule has 0 aliphatic carbocycles. The summed E-state index contributed by atoms with van der Waals surface area (Å²) in [5.74, 6) is 0.909. The Bertz CT molecular complexity index is 1210. The molecule has 0 radical (unpaired) electrons. The van der Waals surface area contributed by atoms with E-state index < -0.39 is 0 Å². The standard InChI is InChI=1S/C24H20N3O.BrH/c1-3-9-19(10-4-1)15-26-17-25-27(18-26)16-22-21-13-7-8-14-23(21)28-24(22)20-11-5-2-6-12-20;/h1-14,17-18H,15-16H2;1H/q+1;/p-1. The molecule has 2 aromatic heterocycles. The Kier molecular flexibility index (Phi) is 5.58. The SMILES string of the molecule is [Br-].c1ccc(C[n+]2cnn(Cc3c(-c4ccccc4)oc4ccccc34)c2)cc1. The van der Waals surface area contributed by atoms with Gasteiger partial charge >= 0.3 is 0 Å². The maximum atomic E-state index is 6.21. The summed E-state index contributed by atoms with van der Waals surface area (Å²) in [6.07, 6.45) is 3.92. The minimum absolute atomic E-state index is 0. The number of benzene rings is 3. The molecule has 0 amide bonds. The number of para-hydroxylation sites is 1. The van der Waals surface area contributed by atoms with Gasteiger partial charge in [0.25, 0.3) is 6.33 Å². The molecule has 0 atom stereocenters. The molecule has 0 saturated heterocycles. The summed E-state index contributed by atoms with van der Waals surface area (Å²) in [5.41, 5.74) is 4.39. The Morgan fingerprint density at radius 1 is 0.828 bits per heavy atom. The van der Waals surface area contributed by atoms with E-state index in [1.165, 1.54) is 5.56 Å². The van der Waals surface area contributed by atoms with Crippen LogP contribution in [0.15, 0.2) is 102 Å². The highest BCUT2D eigenvalue weighted by atomic mass is 79.9. The van der Waals surface area contributed by atoms with Gasteiger partial charge in [-0.1, -0.05) is 78.9 Å². The second-order valence-corrected chi connectivity index (χ2v) is 6.87. The van der Waals surface area contributed by atoms with Crippen molar-refractivity contribution < 1.29 is 26.0 Å². The molecular formula is C24H20BrN3O. The topological polar surface area (TPSA) is 34.8 Å². The molecular weight excluding hydrogens is 426 g/mol. The molecule has 0 saturated carbocycles. The first-order chi connectivity index (χ1) is 13.9. The van der Waals surface area contributed by atoms with Gasteiger partial charge in [-0.15, -0.1) is 4.68 Å². The van der Waals surface area contributed by atoms with Crippen molar-refractivity contribution in [1.82, 2.24) is 9.78 Å². The van der Waals surface area contributed by atoms with Crippen LogP contribution in [0, 0.1) is 0 Å². The summed E-state index contributed by atoms with van der Waals surface area (Å²) in [6.45, 7) is 1.46. The number of hydrogen-bond acceptors (Lipinski definition) is 2. The fraction of sp³-hybridized carbons (Fsp3) is 0.0833. The van der Waals surface area contributed by atoms with E-state index in [0.717, 1.165) is 34.4 Å². The summed E-state index contributed by atoms with van der Waals surface area (Å²) < 4.78 is 10.3. The second-order valence-electron chi connectivity index (χ2n) is 6.87. The van der Waals surface area contributed by atoms with E-state index in [0.29, 0.717) is 6.54 Å². The average Bonchev–Trinajstić information content (AvgIpc) is 3.34. The van der Waals surface area contributed by atoms with Crippen LogP contribution in [0.4, 0.5) is 0 Å². The summed E-state index contributed by atoms with van der Waals surface area (Å²) in [7, 11) is 0. The number of fused-ring (bicyclic) bond motifs is 1. The molecule has 0 aliphatic heterocycles. The van der Waals surface area contributed by atoms with Crippen LogP contribution in [0.25, 0.3) is 22.3 Å². The Morgan fingerprint density at radius 2 is 1.52 bits per heavy atom. The lowest BCUT2D eigenvalue weighted by molar-refractivity contribution is -0.689. The summed E-state index contributed by atoms with van der Waals surface area (Å²) >= 11 is 0. The number of hydrogen-bond donors (Lipinski definition) is 0. The Morgan fingerprint density at radius 3 is 2.31 bits per heavy atom. The number of nitrogens with zero attached hydrogens (tertiary/aromatic N) is 3. The van der Waals surface area contributed by atoms with Gasteiger partial charge in [0.2, 0.25) is 6.33 Å². The van der Waals surface area contributed by atoms with Gasteiger partial charge in [0.15, 0.2) is 0 Å². The molecule has 5 heteroatoms. The monoisotopic (exact) mass is 445 g/mol. The van der Waals surface area contributed by atoms with Gasteiger partial charge in [-0.05, 0) is 11.6 Å². The Balaban J connectivity index is 0.00000205. The first kappa shape index (κ1) is 19.2. The van der Waals surface area contributed by atoms with Crippen LogP contribution in [0.3, 0.4) is 0 Å². The van der Waals surface area contributed by atoms with E-state index in [1.807, 2.05) is 53.7 Å². The number of rotatable bonds is 5. The van der Waals surface area contributed by atoms with Crippen LogP contribution in [0.2, 0.25) is 0 Å². The van der Waals surface area contributed by atoms with E-state index in [4.69, 9.17) is 4.42 Å². The van der Waals surface area contributed by atoms with Crippen molar-refractivity contribution in [2.75, 3.05) is 0 Å². The molecule has 5 aromatic rings. The lowest BCUT2D eigenvalue weighted by Crippen LogP contribution is -3.00. The molecule has 4 nitrogen and oxygen atoms in total. The van der Waals surface area contributed by atoms with Crippen molar-refractivity contribution in [3.05, 3.63) is 109 Å². The Hall–Kier alpha value is -3.18. The minimum atomic E-state index is 0. The highest BCUT2D eigenvalue weighted by molar-refractivity contribution is 5.87. The molecule has 29 heavy (non-hydrogen) atoms. The first-order valence-electron chi connectivity index (χ1n) is 9.38. The number of furan rings is 1. The van der Waals surface area contributed by atoms with Crippen LogP contribution in [0.5, 0.6) is 0 Å². The van der Waals surface area contributed by atoms with Crippen LogP contribution in [-0.4, -0.2) is 9.78 Å². The van der Waals surface area contributed by atoms with Crippen molar-refractivity contribution in [2.24, 2.45) is 0 Å². The number of aromatic nitrogens is 3. The highest BCUT2D eigenvalue weighted by Crippen LogP contribution is 2.33. The second kappa shape index (κ2) is 8.45. The van der Waals surface area contributed by atoms with Crippen molar-refractivity contribution in [3.63, 3.8) is 0 Å². The molecule has 0 fully saturated rings. The summed E-state index contributed by atoms with van der Waals surface area (Å²) in [4.78, 5) is 0. The van der Waals surface area contributed by atoms with Gasteiger partial charge in [0.1, 0.15) is 17.9 Å². The Labute approximate surface area is 179 Å². The summed E-state index contributed by atoms with van der Waals surface area (Å²) in [6, 6.07) is 28.9. The fourth-order valence-corrected chi connectivity index (χ4v) is 3.56. The predicted molar refractivity (Wildman–Crippen MR) is 109 cm³/mol. The molecule has 144 valence electrons.